The third-order valence-electron chi connectivity index (χ3n) is 4.38. The van der Waals surface area contributed by atoms with Crippen molar-refractivity contribution in [1.82, 2.24) is 5.32 Å². The average Bonchev–Trinajstić information content (AvgIpc) is 2.46. The Morgan fingerprint density at radius 2 is 1.86 bits per heavy atom. The van der Waals surface area contributed by atoms with Crippen molar-refractivity contribution < 1.29 is 4.79 Å². The van der Waals surface area contributed by atoms with Gasteiger partial charge >= 0.3 is 0 Å². The molecule has 1 atom stereocenters. The molecule has 2 aromatic rings. The number of hydrogen-bond donors (Lipinski definition) is 2. The third kappa shape index (κ3) is 2.09. The second-order valence-corrected chi connectivity index (χ2v) is 6.23. The lowest BCUT2D eigenvalue weighted by atomic mass is 9.82. The van der Waals surface area contributed by atoms with Gasteiger partial charge in [-0.25, -0.2) is 0 Å². The SMILES string of the molecule is O=C1N[C@]2(CCc3ccccc3C2)Nc2cc(Cl)ccc21. The topological polar surface area (TPSA) is 41.1 Å². The first-order valence-corrected chi connectivity index (χ1v) is 7.50. The van der Waals surface area contributed by atoms with E-state index in [4.69, 9.17) is 11.6 Å². The first kappa shape index (κ1) is 12.7. The molecule has 0 unspecified atom stereocenters. The highest BCUT2D eigenvalue weighted by Crippen LogP contribution is 2.35. The van der Waals surface area contributed by atoms with Crippen LogP contribution in [-0.4, -0.2) is 11.6 Å². The maximum absolute atomic E-state index is 12.4. The van der Waals surface area contributed by atoms with Gasteiger partial charge < -0.3 is 10.6 Å². The maximum atomic E-state index is 12.4. The standard InChI is InChI=1S/C17H15ClN2O/c18-13-5-6-14-15(9-13)19-17(20-16(14)21)8-7-11-3-1-2-4-12(11)10-17/h1-6,9,19H,7-8,10H2,(H,20,21)/t17-/m0/s1. The van der Waals surface area contributed by atoms with Gasteiger partial charge in [-0.1, -0.05) is 35.9 Å². The fraction of sp³-hybridized carbons (Fsp3) is 0.235. The summed E-state index contributed by atoms with van der Waals surface area (Å²) >= 11 is 6.06. The molecule has 3 nitrogen and oxygen atoms in total. The summed E-state index contributed by atoms with van der Waals surface area (Å²) in [6, 6.07) is 13.8. The molecule has 2 aliphatic rings. The molecule has 106 valence electrons. The molecule has 0 saturated carbocycles. The van der Waals surface area contributed by atoms with E-state index in [9.17, 15) is 4.79 Å². The Balaban J connectivity index is 1.74. The van der Waals surface area contributed by atoms with Crippen LogP contribution in [0.4, 0.5) is 5.69 Å². The summed E-state index contributed by atoms with van der Waals surface area (Å²) < 4.78 is 0. The van der Waals surface area contributed by atoms with E-state index >= 15 is 0 Å². The second-order valence-electron chi connectivity index (χ2n) is 5.80. The molecule has 0 aromatic heterocycles. The molecule has 4 heteroatoms. The fourth-order valence-electron chi connectivity index (χ4n) is 3.34. The quantitative estimate of drug-likeness (QED) is 0.783. The largest absolute Gasteiger partial charge is 0.362 e. The van der Waals surface area contributed by atoms with Crippen molar-refractivity contribution in [3.63, 3.8) is 0 Å². The van der Waals surface area contributed by atoms with Crippen LogP contribution in [-0.2, 0) is 12.8 Å². The zero-order chi connectivity index (χ0) is 14.4. The minimum absolute atomic E-state index is 0.0280. The molecule has 0 radical (unpaired) electrons. The minimum Gasteiger partial charge on any atom is -0.362 e. The number of nitrogens with one attached hydrogen (secondary N) is 2. The van der Waals surface area contributed by atoms with Gasteiger partial charge in [-0.05, 0) is 42.2 Å². The third-order valence-corrected chi connectivity index (χ3v) is 4.62. The molecule has 1 amide bonds. The number of amides is 1. The predicted molar refractivity (Wildman–Crippen MR) is 83.7 cm³/mol. The van der Waals surface area contributed by atoms with Gasteiger partial charge in [0.1, 0.15) is 5.66 Å². The number of halogens is 1. The van der Waals surface area contributed by atoms with E-state index in [0.717, 1.165) is 24.9 Å². The zero-order valence-electron chi connectivity index (χ0n) is 11.4. The first-order valence-electron chi connectivity index (χ1n) is 7.12. The van der Waals surface area contributed by atoms with Crippen molar-refractivity contribution in [1.29, 1.82) is 0 Å². The molecule has 2 N–H and O–H groups in total. The smallest absolute Gasteiger partial charge is 0.255 e. The summed E-state index contributed by atoms with van der Waals surface area (Å²) in [5, 5.41) is 7.30. The summed E-state index contributed by atoms with van der Waals surface area (Å²) in [5.74, 6) is -0.0280. The van der Waals surface area contributed by atoms with Gasteiger partial charge in [-0.3, -0.25) is 4.79 Å². The molecule has 1 heterocycles. The molecule has 0 saturated heterocycles. The van der Waals surface area contributed by atoms with Crippen molar-refractivity contribution in [2.24, 2.45) is 0 Å². The Bertz CT molecular complexity index is 743. The first-order chi connectivity index (χ1) is 10.2. The van der Waals surface area contributed by atoms with Crippen LogP contribution in [0.5, 0.6) is 0 Å². The molecular weight excluding hydrogens is 284 g/mol. The predicted octanol–water partition coefficient (Wildman–Crippen LogP) is 3.38. The van der Waals surface area contributed by atoms with E-state index in [1.807, 2.05) is 12.1 Å². The van der Waals surface area contributed by atoms with Gasteiger partial charge in [0.05, 0.1) is 11.3 Å². The van der Waals surface area contributed by atoms with Gasteiger partial charge in [-0.2, -0.15) is 0 Å². The Hall–Kier alpha value is -2.00. The van der Waals surface area contributed by atoms with Crippen LogP contribution in [0.15, 0.2) is 42.5 Å². The van der Waals surface area contributed by atoms with Gasteiger partial charge in [0, 0.05) is 11.4 Å². The molecule has 1 aliphatic heterocycles. The van der Waals surface area contributed by atoms with Crippen LogP contribution in [0.2, 0.25) is 5.02 Å². The van der Waals surface area contributed by atoms with E-state index in [1.54, 1.807) is 12.1 Å². The van der Waals surface area contributed by atoms with Gasteiger partial charge in [0.2, 0.25) is 0 Å². The minimum atomic E-state index is -0.400. The number of fused-ring (bicyclic) bond motifs is 2. The van der Waals surface area contributed by atoms with E-state index in [2.05, 4.69) is 28.8 Å². The van der Waals surface area contributed by atoms with Crippen LogP contribution in [0.25, 0.3) is 0 Å². The second kappa shape index (κ2) is 4.50. The fourth-order valence-corrected chi connectivity index (χ4v) is 3.51. The highest BCUT2D eigenvalue weighted by atomic mass is 35.5. The highest BCUT2D eigenvalue weighted by molar-refractivity contribution is 6.31. The molecule has 0 fully saturated rings. The van der Waals surface area contributed by atoms with Crippen molar-refractivity contribution >= 4 is 23.2 Å². The van der Waals surface area contributed by atoms with Crippen LogP contribution in [0.1, 0.15) is 27.9 Å². The summed E-state index contributed by atoms with van der Waals surface area (Å²) in [6.45, 7) is 0. The van der Waals surface area contributed by atoms with Crippen LogP contribution in [0, 0.1) is 0 Å². The maximum Gasteiger partial charge on any atom is 0.255 e. The van der Waals surface area contributed by atoms with Crippen LogP contribution < -0.4 is 10.6 Å². The molecule has 0 bridgehead atoms. The number of anilines is 1. The van der Waals surface area contributed by atoms with E-state index < -0.39 is 5.66 Å². The summed E-state index contributed by atoms with van der Waals surface area (Å²) in [6.07, 6.45) is 2.63. The number of hydrogen-bond acceptors (Lipinski definition) is 2. The Labute approximate surface area is 128 Å². The van der Waals surface area contributed by atoms with Gasteiger partial charge in [0.15, 0.2) is 0 Å². The number of carbonyl (C=O) groups is 1. The summed E-state index contributed by atoms with van der Waals surface area (Å²) in [5.41, 5.74) is 3.75. The van der Waals surface area contributed by atoms with E-state index in [-0.39, 0.29) is 5.91 Å². The van der Waals surface area contributed by atoms with Crippen molar-refractivity contribution in [3.8, 4) is 0 Å². The Kier molecular flexibility index (Phi) is 2.73. The van der Waals surface area contributed by atoms with Crippen molar-refractivity contribution in [2.45, 2.75) is 24.9 Å². The zero-order valence-corrected chi connectivity index (χ0v) is 12.2. The normalized spacial score (nSPS) is 23.0. The van der Waals surface area contributed by atoms with Crippen molar-refractivity contribution in [2.75, 3.05) is 5.32 Å². The molecule has 2 aromatic carbocycles. The Morgan fingerprint density at radius 1 is 1.05 bits per heavy atom. The lowest BCUT2D eigenvalue weighted by Crippen LogP contribution is -2.60. The lowest BCUT2D eigenvalue weighted by Gasteiger charge is -2.43. The average molecular weight is 299 g/mol. The molecular formula is C17H15ClN2O. The van der Waals surface area contributed by atoms with E-state index in [0.29, 0.717) is 10.6 Å². The van der Waals surface area contributed by atoms with Gasteiger partial charge in [0.25, 0.3) is 5.91 Å². The molecule has 1 spiro atoms. The van der Waals surface area contributed by atoms with E-state index in [1.165, 1.54) is 11.1 Å². The molecule has 1 aliphatic carbocycles. The number of carbonyl (C=O) groups excluding carboxylic acids is 1. The molecule has 4 rings (SSSR count). The Morgan fingerprint density at radius 3 is 2.71 bits per heavy atom. The highest BCUT2D eigenvalue weighted by Gasteiger charge is 2.39. The lowest BCUT2D eigenvalue weighted by molar-refractivity contribution is 0.0892. The number of aryl methyl sites for hydroxylation is 1. The summed E-state index contributed by atoms with van der Waals surface area (Å²) in [7, 11) is 0. The molecule has 21 heavy (non-hydrogen) atoms. The van der Waals surface area contributed by atoms with Crippen LogP contribution in [0.3, 0.4) is 0 Å². The van der Waals surface area contributed by atoms with Crippen molar-refractivity contribution in [3.05, 3.63) is 64.2 Å². The van der Waals surface area contributed by atoms with Gasteiger partial charge in [-0.15, -0.1) is 0 Å². The summed E-state index contributed by atoms with van der Waals surface area (Å²) in [4.78, 5) is 12.4. The number of rotatable bonds is 0. The number of benzene rings is 2. The monoisotopic (exact) mass is 298 g/mol. The van der Waals surface area contributed by atoms with Crippen LogP contribution >= 0.6 is 11.6 Å².